The molecule has 0 aliphatic rings. The van der Waals surface area contributed by atoms with Crippen LogP contribution in [0.15, 0.2) is 24.3 Å². The number of carbonyl (C=O) groups is 5. The molecule has 14 nitrogen and oxygen atoms in total. The molecule has 4 amide bonds. The molecule has 0 heterocycles. The van der Waals surface area contributed by atoms with E-state index in [-0.39, 0.29) is 12.2 Å². The van der Waals surface area contributed by atoms with Gasteiger partial charge in [0.1, 0.15) is 29.9 Å². The van der Waals surface area contributed by atoms with E-state index in [1.165, 1.54) is 45.0 Å². The summed E-state index contributed by atoms with van der Waals surface area (Å²) in [5.41, 5.74) is 5.98. The molecule has 6 atom stereocenters. The number of phenolic OH excluding ortho intramolecular Hbond substituents is 1. The molecular weight excluding hydrogens is 478 g/mol. The van der Waals surface area contributed by atoms with Gasteiger partial charge in [-0.3, -0.25) is 24.0 Å². The van der Waals surface area contributed by atoms with E-state index in [2.05, 4.69) is 21.3 Å². The number of amides is 4. The Hall–Kier alpha value is -3.75. The predicted octanol–water partition coefficient (Wildman–Crippen LogP) is -3.30. The minimum absolute atomic E-state index is 0.0406. The molecule has 0 unspecified atom stereocenters. The van der Waals surface area contributed by atoms with Crippen LogP contribution in [0.5, 0.6) is 5.75 Å². The standard InChI is InChI=1S/C22H33N5O9/c1-10(23)18(31)27-17(12(3)29)21(34)25-15(8-13-4-6-14(30)7-5-13)19(32)26-16(9-28)20(33)24-11(2)22(35)36/h4-7,10-12,15-17,28-30H,8-9,23H2,1-3H3,(H,24,33)(H,25,34)(H,26,32)(H,27,31)(H,35,36)/t10-,11-,12+,15-,16-,17-/m0/s1. The number of hydrogen-bond donors (Lipinski definition) is 9. The molecule has 1 aromatic carbocycles. The lowest BCUT2D eigenvalue weighted by atomic mass is 10.0. The molecule has 1 rings (SSSR count). The number of hydrogen-bond acceptors (Lipinski definition) is 9. The molecule has 0 saturated heterocycles. The van der Waals surface area contributed by atoms with Crippen molar-refractivity contribution in [3.63, 3.8) is 0 Å². The van der Waals surface area contributed by atoms with E-state index >= 15 is 0 Å². The molecule has 1 aromatic rings. The molecule has 0 spiro atoms. The van der Waals surface area contributed by atoms with Crippen molar-refractivity contribution in [2.45, 2.75) is 63.5 Å². The van der Waals surface area contributed by atoms with Gasteiger partial charge in [-0.2, -0.15) is 0 Å². The minimum Gasteiger partial charge on any atom is -0.508 e. The largest absolute Gasteiger partial charge is 0.508 e. The highest BCUT2D eigenvalue weighted by atomic mass is 16.4. The van der Waals surface area contributed by atoms with Gasteiger partial charge in [-0.25, -0.2) is 0 Å². The minimum atomic E-state index is -1.54. The summed E-state index contributed by atoms with van der Waals surface area (Å²) >= 11 is 0. The van der Waals surface area contributed by atoms with E-state index in [0.29, 0.717) is 5.56 Å². The lowest BCUT2D eigenvalue weighted by Gasteiger charge is -2.26. The van der Waals surface area contributed by atoms with E-state index in [1.807, 2.05) is 0 Å². The second-order valence-electron chi connectivity index (χ2n) is 8.26. The average molecular weight is 512 g/mol. The molecule has 0 bridgehead atoms. The SMILES string of the molecule is C[C@H](N)C(=O)N[C@H](C(=O)N[C@@H](Cc1ccc(O)cc1)C(=O)N[C@@H](CO)C(=O)N[C@@H](C)C(=O)O)[C@@H](C)O. The van der Waals surface area contributed by atoms with Gasteiger partial charge in [0.15, 0.2) is 0 Å². The predicted molar refractivity (Wildman–Crippen MR) is 125 cm³/mol. The Balaban J connectivity index is 3.13. The Morgan fingerprint density at radius 1 is 0.833 bits per heavy atom. The fourth-order valence-electron chi connectivity index (χ4n) is 2.87. The van der Waals surface area contributed by atoms with Crippen molar-refractivity contribution in [2.75, 3.05) is 6.61 Å². The fourth-order valence-corrected chi connectivity index (χ4v) is 2.87. The number of aromatic hydroxyl groups is 1. The van der Waals surface area contributed by atoms with Crippen LogP contribution in [0.2, 0.25) is 0 Å². The molecule has 14 heteroatoms. The molecule has 0 aliphatic carbocycles. The van der Waals surface area contributed by atoms with Gasteiger partial charge in [0.05, 0.1) is 18.8 Å². The molecule has 10 N–H and O–H groups in total. The Bertz CT molecular complexity index is 936. The molecular formula is C22H33N5O9. The summed E-state index contributed by atoms with van der Waals surface area (Å²) < 4.78 is 0. The average Bonchev–Trinajstić information content (AvgIpc) is 2.80. The first kappa shape index (κ1) is 30.3. The smallest absolute Gasteiger partial charge is 0.325 e. The number of carbonyl (C=O) groups excluding carboxylic acids is 4. The van der Waals surface area contributed by atoms with Gasteiger partial charge in [-0.05, 0) is 38.5 Å². The van der Waals surface area contributed by atoms with Gasteiger partial charge >= 0.3 is 5.97 Å². The number of nitrogens with one attached hydrogen (secondary N) is 4. The Labute approximate surface area is 207 Å². The first-order chi connectivity index (χ1) is 16.8. The monoisotopic (exact) mass is 511 g/mol. The van der Waals surface area contributed by atoms with Gasteiger partial charge in [-0.1, -0.05) is 12.1 Å². The number of carboxylic acids is 1. The summed E-state index contributed by atoms with van der Waals surface area (Å²) in [7, 11) is 0. The van der Waals surface area contributed by atoms with E-state index in [4.69, 9.17) is 10.8 Å². The summed E-state index contributed by atoms with van der Waals surface area (Å²) in [4.78, 5) is 61.1. The summed E-state index contributed by atoms with van der Waals surface area (Å²) in [5, 5.41) is 47.0. The Morgan fingerprint density at radius 2 is 1.36 bits per heavy atom. The summed E-state index contributed by atoms with van der Waals surface area (Å²) in [5.74, 6) is -4.91. The Morgan fingerprint density at radius 3 is 1.83 bits per heavy atom. The number of benzene rings is 1. The summed E-state index contributed by atoms with van der Waals surface area (Å²) in [6.45, 7) is 2.94. The van der Waals surface area contributed by atoms with Crippen molar-refractivity contribution in [3.8, 4) is 5.75 Å². The molecule has 200 valence electrons. The van der Waals surface area contributed by atoms with Crippen LogP contribution in [0, 0.1) is 0 Å². The lowest BCUT2D eigenvalue weighted by molar-refractivity contribution is -0.142. The zero-order valence-electron chi connectivity index (χ0n) is 20.1. The van der Waals surface area contributed by atoms with Crippen LogP contribution >= 0.6 is 0 Å². The third kappa shape index (κ3) is 9.48. The second-order valence-corrected chi connectivity index (χ2v) is 8.26. The third-order valence-corrected chi connectivity index (χ3v) is 5.03. The second kappa shape index (κ2) is 14.0. The van der Waals surface area contributed by atoms with E-state index in [0.717, 1.165) is 0 Å². The van der Waals surface area contributed by atoms with Gasteiger partial charge in [-0.15, -0.1) is 0 Å². The van der Waals surface area contributed by atoms with Gasteiger partial charge < -0.3 is 47.4 Å². The van der Waals surface area contributed by atoms with Crippen LogP contribution in [-0.4, -0.2) is 92.9 Å². The van der Waals surface area contributed by atoms with Crippen molar-refractivity contribution in [2.24, 2.45) is 5.73 Å². The number of rotatable bonds is 13. The number of aliphatic hydroxyl groups excluding tert-OH is 2. The zero-order chi connectivity index (χ0) is 27.6. The zero-order valence-corrected chi connectivity index (χ0v) is 20.1. The van der Waals surface area contributed by atoms with Crippen LogP contribution in [0.4, 0.5) is 0 Å². The topological polar surface area (TPSA) is 240 Å². The highest BCUT2D eigenvalue weighted by Gasteiger charge is 2.32. The van der Waals surface area contributed by atoms with E-state index < -0.39 is 72.5 Å². The van der Waals surface area contributed by atoms with Crippen LogP contribution in [-0.2, 0) is 30.4 Å². The van der Waals surface area contributed by atoms with Crippen LogP contribution in [0.3, 0.4) is 0 Å². The first-order valence-corrected chi connectivity index (χ1v) is 11.0. The van der Waals surface area contributed by atoms with Crippen molar-refractivity contribution in [1.29, 1.82) is 0 Å². The number of aliphatic hydroxyl groups is 2. The summed E-state index contributed by atoms with van der Waals surface area (Å²) in [6, 6.07) is -0.975. The van der Waals surface area contributed by atoms with Gasteiger partial charge in [0, 0.05) is 6.42 Å². The number of carboxylic acid groups (broad SMARTS) is 1. The highest BCUT2D eigenvalue weighted by molar-refractivity contribution is 5.95. The van der Waals surface area contributed by atoms with E-state index in [1.54, 1.807) is 0 Å². The van der Waals surface area contributed by atoms with Gasteiger partial charge in [0.25, 0.3) is 0 Å². The van der Waals surface area contributed by atoms with Crippen molar-refractivity contribution in [1.82, 2.24) is 21.3 Å². The van der Waals surface area contributed by atoms with Crippen LogP contribution in [0.1, 0.15) is 26.3 Å². The van der Waals surface area contributed by atoms with Crippen molar-refractivity contribution >= 4 is 29.6 Å². The molecule has 0 aliphatic heterocycles. The molecule has 0 saturated carbocycles. The van der Waals surface area contributed by atoms with E-state index in [9.17, 15) is 39.3 Å². The molecule has 36 heavy (non-hydrogen) atoms. The number of aliphatic carboxylic acids is 1. The number of phenols is 1. The van der Waals surface area contributed by atoms with Crippen LogP contribution in [0.25, 0.3) is 0 Å². The van der Waals surface area contributed by atoms with Crippen molar-refractivity contribution < 1.29 is 44.4 Å². The van der Waals surface area contributed by atoms with Crippen molar-refractivity contribution in [3.05, 3.63) is 29.8 Å². The molecule has 0 aromatic heterocycles. The lowest BCUT2D eigenvalue weighted by Crippen LogP contribution is -2.61. The van der Waals surface area contributed by atoms with Crippen LogP contribution < -0.4 is 27.0 Å². The maximum absolute atomic E-state index is 13.0. The molecule has 0 fully saturated rings. The third-order valence-electron chi connectivity index (χ3n) is 5.03. The maximum Gasteiger partial charge on any atom is 0.325 e. The quantitative estimate of drug-likeness (QED) is 0.128. The highest BCUT2D eigenvalue weighted by Crippen LogP contribution is 2.12. The van der Waals surface area contributed by atoms with Gasteiger partial charge in [0.2, 0.25) is 23.6 Å². The Kier molecular flexibility index (Phi) is 11.7. The maximum atomic E-state index is 13.0. The summed E-state index contributed by atoms with van der Waals surface area (Å²) in [6.07, 6.45) is -1.50. The fraction of sp³-hybridized carbons (Fsp3) is 0.500. The normalized spacial score (nSPS) is 15.8. The first-order valence-electron chi connectivity index (χ1n) is 11.0. The number of nitrogens with two attached hydrogens (primary N) is 1. The molecule has 0 radical (unpaired) electrons.